The number of benzene rings is 3. The minimum Gasteiger partial charge on any atom is -0.490 e. The summed E-state index contributed by atoms with van der Waals surface area (Å²) in [4.78, 5) is 16.5. The second kappa shape index (κ2) is 10.0. The van der Waals surface area contributed by atoms with Crippen molar-refractivity contribution >= 4 is 16.8 Å². The Kier molecular flexibility index (Phi) is 6.47. The number of ether oxygens (including phenoxy) is 1. The number of nitrogens with two attached hydrogens (primary N) is 2. The molecule has 0 spiro atoms. The highest BCUT2D eigenvalue weighted by Gasteiger charge is 2.15. The zero-order valence-electron chi connectivity index (χ0n) is 19.9. The fourth-order valence-electron chi connectivity index (χ4n) is 4.29. The number of aryl methyl sites for hydroxylation is 1. The van der Waals surface area contributed by atoms with Crippen molar-refractivity contribution < 1.29 is 9.53 Å². The first kappa shape index (κ1) is 23.3. The molecule has 1 atom stereocenters. The molecule has 1 amide bonds. The number of aromatic nitrogens is 3. The molecule has 0 fully saturated rings. The zero-order valence-corrected chi connectivity index (χ0v) is 19.9. The van der Waals surface area contributed by atoms with Gasteiger partial charge in [0.1, 0.15) is 12.4 Å². The molecule has 2 aromatic heterocycles. The Morgan fingerprint density at radius 2 is 1.83 bits per heavy atom. The van der Waals surface area contributed by atoms with E-state index in [4.69, 9.17) is 21.2 Å². The van der Waals surface area contributed by atoms with Crippen LogP contribution in [0.25, 0.3) is 33.3 Å². The van der Waals surface area contributed by atoms with Gasteiger partial charge in [0.15, 0.2) is 0 Å². The van der Waals surface area contributed by atoms with Crippen LogP contribution in [0.4, 0.5) is 0 Å². The highest BCUT2D eigenvalue weighted by atomic mass is 16.5. The van der Waals surface area contributed by atoms with Crippen LogP contribution in [0.15, 0.2) is 85.1 Å². The van der Waals surface area contributed by atoms with Gasteiger partial charge >= 0.3 is 0 Å². The number of hydrogen-bond donors (Lipinski definition) is 3. The first-order chi connectivity index (χ1) is 17.5. The van der Waals surface area contributed by atoms with E-state index >= 15 is 0 Å². The Morgan fingerprint density at radius 1 is 1.00 bits per heavy atom. The van der Waals surface area contributed by atoms with Crippen molar-refractivity contribution in [3.05, 3.63) is 102 Å². The van der Waals surface area contributed by atoms with Gasteiger partial charge in [-0.25, -0.2) is 0 Å². The Labute approximate surface area is 209 Å². The molecule has 0 aliphatic heterocycles. The van der Waals surface area contributed by atoms with Crippen LogP contribution < -0.4 is 16.2 Å². The third-order valence-corrected chi connectivity index (χ3v) is 6.15. The van der Waals surface area contributed by atoms with E-state index in [1.54, 1.807) is 24.4 Å². The average molecular weight is 478 g/mol. The maximum Gasteiger partial charge on any atom is 0.248 e. The van der Waals surface area contributed by atoms with Gasteiger partial charge < -0.3 is 16.2 Å². The molecule has 5 rings (SSSR count). The summed E-state index contributed by atoms with van der Waals surface area (Å²) in [7, 11) is 0. The maximum atomic E-state index is 11.8. The molecule has 2 heterocycles. The van der Waals surface area contributed by atoms with Crippen molar-refractivity contribution in [3.63, 3.8) is 0 Å². The second-order valence-electron chi connectivity index (χ2n) is 8.84. The molecule has 0 radical (unpaired) electrons. The molecule has 5 aromatic rings. The van der Waals surface area contributed by atoms with Crippen LogP contribution in [0.1, 0.15) is 21.6 Å². The fourth-order valence-corrected chi connectivity index (χ4v) is 4.29. The molecule has 0 saturated heterocycles. The number of rotatable bonds is 8. The number of nitrogens with zero attached hydrogens (tertiary/aromatic N) is 2. The molecule has 7 nitrogen and oxygen atoms in total. The van der Waals surface area contributed by atoms with E-state index in [2.05, 4.69) is 28.4 Å². The summed E-state index contributed by atoms with van der Waals surface area (Å²) in [6.07, 6.45) is 2.40. The predicted octanol–water partition coefficient (Wildman–Crippen LogP) is 4.65. The van der Waals surface area contributed by atoms with Crippen LogP contribution in [-0.4, -0.2) is 33.7 Å². The molecule has 0 aliphatic rings. The lowest BCUT2D eigenvalue weighted by Gasteiger charge is -2.16. The quantitative estimate of drug-likeness (QED) is 0.301. The van der Waals surface area contributed by atoms with Crippen LogP contribution in [-0.2, 0) is 6.42 Å². The Hall–Kier alpha value is -4.49. The van der Waals surface area contributed by atoms with Gasteiger partial charge in [-0.3, -0.25) is 14.9 Å². The van der Waals surface area contributed by atoms with Crippen molar-refractivity contribution in [2.24, 2.45) is 11.5 Å². The second-order valence-corrected chi connectivity index (χ2v) is 8.84. The van der Waals surface area contributed by atoms with Gasteiger partial charge in [-0.15, -0.1) is 0 Å². The summed E-state index contributed by atoms with van der Waals surface area (Å²) in [6.45, 7) is 2.32. The van der Waals surface area contributed by atoms with Gasteiger partial charge in [0.2, 0.25) is 5.91 Å². The van der Waals surface area contributed by atoms with E-state index in [1.165, 1.54) is 5.56 Å². The summed E-state index contributed by atoms with van der Waals surface area (Å²) in [5.74, 6) is 0.133. The highest BCUT2D eigenvalue weighted by Crippen LogP contribution is 2.35. The van der Waals surface area contributed by atoms with Crippen molar-refractivity contribution in [2.45, 2.75) is 19.4 Å². The third-order valence-electron chi connectivity index (χ3n) is 6.15. The number of hydrogen-bond acceptors (Lipinski definition) is 5. The molecule has 5 N–H and O–H groups in total. The monoisotopic (exact) mass is 477 g/mol. The highest BCUT2D eigenvalue weighted by molar-refractivity contribution is 5.95. The lowest BCUT2D eigenvalue weighted by Crippen LogP contribution is -2.30. The van der Waals surface area contributed by atoms with Crippen LogP contribution >= 0.6 is 0 Å². The number of carbonyl (C=O) groups is 1. The average Bonchev–Trinajstić information content (AvgIpc) is 3.28. The molecule has 0 aliphatic carbocycles. The van der Waals surface area contributed by atoms with E-state index in [1.807, 2.05) is 49.4 Å². The lowest BCUT2D eigenvalue weighted by molar-refractivity contribution is 0.100. The first-order valence-electron chi connectivity index (χ1n) is 11.8. The largest absolute Gasteiger partial charge is 0.490 e. The van der Waals surface area contributed by atoms with Crippen molar-refractivity contribution in [3.8, 4) is 28.1 Å². The van der Waals surface area contributed by atoms with Crippen LogP contribution in [0.3, 0.4) is 0 Å². The van der Waals surface area contributed by atoms with Crippen molar-refractivity contribution in [1.29, 1.82) is 0 Å². The molecule has 0 unspecified atom stereocenters. The number of primary amides is 1. The van der Waals surface area contributed by atoms with Gasteiger partial charge in [-0.05, 0) is 54.8 Å². The standard InChI is InChI=1S/C29H27N5O2/c1-18-25-14-20(10-11-27(25)34-33-18)26-15-24(36-17-23(30)12-19-6-3-2-4-7-19)16-32-28(26)21-8-5-9-22(13-21)29(31)35/h2-11,13-16,23H,12,17,30H2,1H3,(H2,31,35)(H,33,34)/t23-/m1/s1. The number of amides is 1. The molecule has 180 valence electrons. The number of carbonyl (C=O) groups excluding carboxylic acids is 1. The molecule has 0 saturated carbocycles. The number of H-pyrrole nitrogens is 1. The number of fused-ring (bicyclic) bond motifs is 1. The SMILES string of the molecule is Cc1n[nH]c2ccc(-c3cc(OC[C@H](N)Cc4ccccc4)cnc3-c3cccc(C(N)=O)c3)cc12. The van der Waals surface area contributed by atoms with Gasteiger partial charge in [-0.1, -0.05) is 48.5 Å². The third kappa shape index (κ3) is 4.96. The van der Waals surface area contributed by atoms with E-state index < -0.39 is 5.91 Å². The molecule has 0 bridgehead atoms. The summed E-state index contributed by atoms with van der Waals surface area (Å²) in [5, 5.41) is 8.38. The molecule has 3 aromatic carbocycles. The van der Waals surface area contributed by atoms with Crippen LogP contribution in [0.2, 0.25) is 0 Å². The first-order valence-corrected chi connectivity index (χ1v) is 11.8. The van der Waals surface area contributed by atoms with E-state index in [0.29, 0.717) is 17.9 Å². The normalized spacial score (nSPS) is 11.9. The van der Waals surface area contributed by atoms with Gasteiger partial charge in [0, 0.05) is 28.1 Å². The fraction of sp³-hybridized carbons (Fsp3) is 0.138. The Balaban J connectivity index is 1.50. The molecular formula is C29H27N5O2. The number of aromatic amines is 1. The smallest absolute Gasteiger partial charge is 0.248 e. The molecule has 36 heavy (non-hydrogen) atoms. The van der Waals surface area contributed by atoms with E-state index in [-0.39, 0.29) is 6.04 Å². The van der Waals surface area contributed by atoms with Crippen molar-refractivity contribution in [1.82, 2.24) is 15.2 Å². The Bertz CT molecular complexity index is 1530. The summed E-state index contributed by atoms with van der Waals surface area (Å²) in [6, 6.07) is 25.2. The maximum absolute atomic E-state index is 11.8. The topological polar surface area (TPSA) is 120 Å². The van der Waals surface area contributed by atoms with Crippen LogP contribution in [0.5, 0.6) is 5.75 Å². The van der Waals surface area contributed by atoms with Gasteiger partial charge in [0.25, 0.3) is 0 Å². The van der Waals surface area contributed by atoms with Crippen LogP contribution in [0, 0.1) is 6.92 Å². The number of pyridine rings is 1. The Morgan fingerprint density at radius 3 is 2.64 bits per heavy atom. The van der Waals surface area contributed by atoms with E-state index in [0.717, 1.165) is 45.4 Å². The molecular weight excluding hydrogens is 450 g/mol. The van der Waals surface area contributed by atoms with Gasteiger partial charge in [0.05, 0.1) is 23.1 Å². The summed E-state index contributed by atoms with van der Waals surface area (Å²) >= 11 is 0. The van der Waals surface area contributed by atoms with Crippen molar-refractivity contribution in [2.75, 3.05) is 6.61 Å². The van der Waals surface area contributed by atoms with Gasteiger partial charge in [-0.2, -0.15) is 5.10 Å². The number of nitrogens with one attached hydrogen (secondary N) is 1. The van der Waals surface area contributed by atoms with E-state index in [9.17, 15) is 4.79 Å². The zero-order chi connectivity index (χ0) is 25.1. The molecule has 7 heteroatoms. The summed E-state index contributed by atoms with van der Waals surface area (Å²) < 4.78 is 6.07. The predicted molar refractivity (Wildman–Crippen MR) is 142 cm³/mol. The summed E-state index contributed by atoms with van der Waals surface area (Å²) in [5.41, 5.74) is 18.7. The minimum atomic E-state index is -0.485. The lowest BCUT2D eigenvalue weighted by atomic mass is 9.97. The minimum absolute atomic E-state index is 0.160.